The molecule has 4 N–H and O–H groups in total. The van der Waals surface area contributed by atoms with Gasteiger partial charge in [0.1, 0.15) is 0 Å². The highest BCUT2D eigenvalue weighted by Crippen LogP contribution is 2.28. The van der Waals surface area contributed by atoms with Crippen LogP contribution in [0.3, 0.4) is 0 Å². The molecule has 1 saturated heterocycles. The number of nitrogens with two attached hydrogens (primary N) is 1. The maximum atomic E-state index is 12.8. The summed E-state index contributed by atoms with van der Waals surface area (Å²) in [6, 6.07) is 3.76. The molecule has 2 rings (SSSR count). The number of benzene rings is 1. The molecule has 150 valence electrons. The van der Waals surface area contributed by atoms with Gasteiger partial charge >= 0.3 is 0 Å². The molecule has 1 atom stereocenters. The molecule has 0 saturated carbocycles. The molecule has 10 heteroatoms. The molecule has 1 aromatic carbocycles. The Morgan fingerprint density at radius 3 is 2.56 bits per heavy atom. The molecule has 0 spiro atoms. The van der Waals surface area contributed by atoms with Crippen LogP contribution in [0.2, 0.25) is 5.02 Å². The minimum atomic E-state index is -3.62. The smallest absolute Gasteiger partial charge is 0.282 e. The molecular weight excluding hydrogens is 392 g/mol. The summed E-state index contributed by atoms with van der Waals surface area (Å²) >= 11 is 6.13. The molecule has 1 aliphatic rings. The van der Waals surface area contributed by atoms with Gasteiger partial charge in [0.25, 0.3) is 11.8 Å². The predicted molar refractivity (Wildman–Crippen MR) is 103 cm³/mol. The topological polar surface area (TPSA) is 112 Å². The van der Waals surface area contributed by atoms with E-state index in [1.807, 2.05) is 0 Å². The van der Waals surface area contributed by atoms with E-state index < -0.39 is 16.1 Å². The Hall–Kier alpha value is -1.68. The maximum Gasteiger partial charge on any atom is 0.282 e. The lowest BCUT2D eigenvalue weighted by molar-refractivity contribution is -0.662. The van der Waals surface area contributed by atoms with Crippen molar-refractivity contribution in [3.8, 4) is 0 Å². The zero-order chi connectivity index (χ0) is 20.0. The lowest BCUT2D eigenvalue weighted by Crippen LogP contribution is -2.93. The number of nitrogens with one attached hydrogen (secondary N) is 2. The van der Waals surface area contributed by atoms with Crippen molar-refractivity contribution >= 4 is 39.1 Å². The highest BCUT2D eigenvalue weighted by molar-refractivity contribution is 7.89. The van der Waals surface area contributed by atoms with Crippen LogP contribution < -0.4 is 16.0 Å². The molecule has 0 aliphatic carbocycles. The van der Waals surface area contributed by atoms with Gasteiger partial charge in [0.2, 0.25) is 10.0 Å². The van der Waals surface area contributed by atoms with Crippen LogP contribution in [0.4, 0.5) is 5.69 Å². The average molecular weight is 418 g/mol. The first-order chi connectivity index (χ1) is 12.8. The van der Waals surface area contributed by atoms with Crippen LogP contribution in [-0.2, 0) is 19.6 Å². The fourth-order valence-electron chi connectivity index (χ4n) is 2.75. The molecule has 0 unspecified atom stereocenters. The number of sulfonamides is 1. The Morgan fingerprint density at radius 2 is 1.93 bits per heavy atom. The second-order valence-corrected chi connectivity index (χ2v) is 8.84. The fraction of sp³-hybridized carbons (Fsp3) is 0.529. The third kappa shape index (κ3) is 5.65. The van der Waals surface area contributed by atoms with Crippen molar-refractivity contribution in [2.24, 2.45) is 0 Å². The van der Waals surface area contributed by atoms with Crippen molar-refractivity contribution in [1.82, 2.24) is 9.62 Å². The number of likely N-dealkylation sites (N-methyl/N-ethyl adjacent to an activating group) is 1. The lowest BCUT2D eigenvalue weighted by Gasteiger charge is -2.26. The molecule has 1 fully saturated rings. The summed E-state index contributed by atoms with van der Waals surface area (Å²) in [5.41, 5.74) is 0.236. The number of halogens is 1. The molecule has 27 heavy (non-hydrogen) atoms. The summed E-state index contributed by atoms with van der Waals surface area (Å²) < 4.78 is 27.1. The largest absolute Gasteiger partial charge is 0.354 e. The fourth-order valence-corrected chi connectivity index (χ4v) is 4.46. The van der Waals surface area contributed by atoms with E-state index in [-0.39, 0.29) is 34.0 Å². The van der Waals surface area contributed by atoms with Gasteiger partial charge in [0, 0.05) is 20.1 Å². The van der Waals surface area contributed by atoms with E-state index >= 15 is 0 Å². The molecular formula is C17H26ClN4O4S+. The van der Waals surface area contributed by atoms with Crippen molar-refractivity contribution in [1.29, 1.82) is 0 Å². The molecule has 8 nitrogen and oxygen atoms in total. The van der Waals surface area contributed by atoms with Crippen molar-refractivity contribution in [3.05, 3.63) is 23.2 Å². The Labute approximate surface area is 164 Å². The predicted octanol–water partition coefficient (Wildman–Crippen LogP) is 0.151. The third-order valence-electron chi connectivity index (χ3n) is 4.50. The van der Waals surface area contributed by atoms with E-state index in [0.29, 0.717) is 13.1 Å². The first-order valence-electron chi connectivity index (χ1n) is 8.90. The van der Waals surface area contributed by atoms with Crippen LogP contribution in [0.1, 0.15) is 26.2 Å². The van der Waals surface area contributed by atoms with E-state index in [1.165, 1.54) is 29.6 Å². The molecule has 1 aromatic rings. The van der Waals surface area contributed by atoms with Gasteiger partial charge in [0.05, 0.1) is 15.6 Å². The minimum absolute atomic E-state index is 0.103. The van der Waals surface area contributed by atoms with Gasteiger partial charge in [-0.1, -0.05) is 18.0 Å². The zero-order valence-electron chi connectivity index (χ0n) is 15.5. The molecule has 1 heterocycles. The van der Waals surface area contributed by atoms with Crippen LogP contribution >= 0.6 is 11.6 Å². The number of piperidine rings is 1. The average Bonchev–Trinajstić information content (AvgIpc) is 2.67. The summed E-state index contributed by atoms with van der Waals surface area (Å²) in [4.78, 5) is 23.7. The number of amides is 2. The van der Waals surface area contributed by atoms with E-state index in [1.54, 1.807) is 12.2 Å². The highest BCUT2D eigenvalue weighted by atomic mass is 35.5. The van der Waals surface area contributed by atoms with E-state index in [4.69, 9.17) is 11.6 Å². The zero-order valence-corrected chi connectivity index (χ0v) is 17.1. The number of anilines is 1. The SMILES string of the molecule is CNC(=O)C[NH2+][C@@H](C)C(=O)Nc1cc(S(=O)(=O)N2CCCCC2)ccc1Cl. The summed E-state index contributed by atoms with van der Waals surface area (Å²) in [6.07, 6.45) is 2.71. The van der Waals surface area contributed by atoms with Crippen molar-refractivity contribution in [2.75, 3.05) is 32.0 Å². The van der Waals surface area contributed by atoms with Gasteiger partial charge in [-0.25, -0.2) is 8.42 Å². The number of hydrogen-bond donors (Lipinski definition) is 3. The van der Waals surface area contributed by atoms with Crippen molar-refractivity contribution in [3.63, 3.8) is 0 Å². The van der Waals surface area contributed by atoms with E-state index in [0.717, 1.165) is 19.3 Å². The van der Waals surface area contributed by atoms with E-state index in [9.17, 15) is 18.0 Å². The summed E-state index contributed by atoms with van der Waals surface area (Å²) in [7, 11) is -2.10. The number of carbonyl (C=O) groups excluding carboxylic acids is 2. The minimum Gasteiger partial charge on any atom is -0.354 e. The molecule has 1 aliphatic heterocycles. The second-order valence-electron chi connectivity index (χ2n) is 6.50. The number of rotatable bonds is 7. The van der Waals surface area contributed by atoms with E-state index in [2.05, 4.69) is 10.6 Å². The Kier molecular flexibility index (Phi) is 7.60. The molecule has 0 bridgehead atoms. The number of quaternary nitrogens is 1. The number of carbonyl (C=O) groups is 2. The second kappa shape index (κ2) is 9.50. The molecule has 0 radical (unpaired) electrons. The van der Waals surface area contributed by atoms with Gasteiger partial charge in [-0.2, -0.15) is 4.31 Å². The first-order valence-corrected chi connectivity index (χ1v) is 10.7. The van der Waals surface area contributed by atoms with Crippen LogP contribution in [0, 0.1) is 0 Å². The molecule has 2 amide bonds. The number of hydrogen-bond acceptors (Lipinski definition) is 4. The van der Waals surface area contributed by atoms with Gasteiger partial charge < -0.3 is 16.0 Å². The van der Waals surface area contributed by atoms with Crippen LogP contribution in [-0.4, -0.2) is 57.3 Å². The monoisotopic (exact) mass is 417 g/mol. The Bertz CT molecular complexity index is 794. The standard InChI is InChI=1S/C17H25ClN4O4S/c1-12(20-11-16(23)19-2)17(24)21-15-10-13(6-7-14(15)18)27(25,26)22-8-4-3-5-9-22/h6-7,10,12,20H,3-5,8-9,11H2,1-2H3,(H,19,23)(H,21,24)/p+1/t12-/m0/s1. The maximum absolute atomic E-state index is 12.8. The lowest BCUT2D eigenvalue weighted by atomic mass is 10.2. The Morgan fingerprint density at radius 1 is 1.26 bits per heavy atom. The molecule has 0 aromatic heterocycles. The van der Waals surface area contributed by atoms with Gasteiger partial charge in [-0.15, -0.1) is 0 Å². The van der Waals surface area contributed by atoms with Crippen molar-refractivity contribution < 1.29 is 23.3 Å². The summed E-state index contributed by atoms with van der Waals surface area (Å²) in [5, 5.41) is 6.96. The summed E-state index contributed by atoms with van der Waals surface area (Å²) in [6.45, 7) is 2.76. The number of nitrogens with zero attached hydrogens (tertiary/aromatic N) is 1. The van der Waals surface area contributed by atoms with Crippen LogP contribution in [0.25, 0.3) is 0 Å². The quantitative estimate of drug-likeness (QED) is 0.586. The van der Waals surface area contributed by atoms with Gasteiger partial charge in [-0.05, 0) is 38.0 Å². The van der Waals surface area contributed by atoms with Crippen LogP contribution in [0.5, 0.6) is 0 Å². The van der Waals surface area contributed by atoms with Gasteiger partial charge in [0.15, 0.2) is 12.6 Å². The highest BCUT2D eigenvalue weighted by Gasteiger charge is 2.27. The first kappa shape index (κ1) is 21.6. The van der Waals surface area contributed by atoms with Crippen molar-refractivity contribution in [2.45, 2.75) is 37.1 Å². The summed E-state index contributed by atoms with van der Waals surface area (Å²) in [5.74, 6) is -0.560. The Balaban J connectivity index is 2.12. The third-order valence-corrected chi connectivity index (χ3v) is 6.72. The van der Waals surface area contributed by atoms with Crippen LogP contribution in [0.15, 0.2) is 23.1 Å². The normalized spacial score (nSPS) is 16.6. The van der Waals surface area contributed by atoms with Gasteiger partial charge in [-0.3, -0.25) is 9.59 Å².